The Balaban J connectivity index is 0.000000176. The Hall–Kier alpha value is -1.98. The molecule has 2 aromatic carbocycles. The van der Waals surface area contributed by atoms with Crippen molar-refractivity contribution in [2.24, 2.45) is 0 Å². The van der Waals surface area contributed by atoms with Gasteiger partial charge in [0.25, 0.3) is 0 Å². The minimum atomic E-state index is 0.555. The van der Waals surface area contributed by atoms with Crippen LogP contribution in [-0.2, 0) is 0 Å². The molecule has 165 valence electrons. The molecule has 0 amide bonds. The van der Waals surface area contributed by atoms with Crippen molar-refractivity contribution < 1.29 is 14.4 Å². The number of ether oxygens (including phenoxy) is 1. The first-order chi connectivity index (χ1) is 15.2. The van der Waals surface area contributed by atoms with Crippen molar-refractivity contribution in [1.29, 1.82) is 0 Å². The summed E-state index contributed by atoms with van der Waals surface area (Å²) < 4.78 is 10.1. The van der Waals surface area contributed by atoms with Crippen LogP contribution in [0.1, 0.15) is 55.6 Å². The summed E-state index contributed by atoms with van der Waals surface area (Å²) in [5.74, 6) is 2.26. The molecule has 4 rings (SSSR count). The highest BCUT2D eigenvalue weighted by Gasteiger charge is 2.14. The van der Waals surface area contributed by atoms with Gasteiger partial charge >= 0.3 is 7.69 Å². The predicted molar refractivity (Wildman–Crippen MR) is 134 cm³/mol. The molecule has 0 bridgehead atoms. The van der Waals surface area contributed by atoms with Gasteiger partial charge in [0.1, 0.15) is 11.5 Å². The van der Waals surface area contributed by atoms with Crippen molar-refractivity contribution >= 4 is 23.6 Å². The fraction of sp³-hybridized carbons (Fsp3) is 0.385. The summed E-state index contributed by atoms with van der Waals surface area (Å²) in [6.45, 7) is 1.92. The third-order valence-electron chi connectivity index (χ3n) is 5.26. The van der Waals surface area contributed by atoms with Crippen LogP contribution in [0.25, 0.3) is 0 Å². The van der Waals surface area contributed by atoms with E-state index in [1.807, 2.05) is 37.3 Å². The molecule has 2 aliphatic carbocycles. The van der Waals surface area contributed by atoms with Crippen LogP contribution in [0.4, 0.5) is 0 Å². The van der Waals surface area contributed by atoms with E-state index in [9.17, 15) is 0 Å². The third-order valence-corrected chi connectivity index (χ3v) is 6.02. The first-order valence-electron chi connectivity index (χ1n) is 10.9. The van der Waals surface area contributed by atoms with E-state index < -0.39 is 0 Å². The maximum absolute atomic E-state index is 8.30. The third kappa shape index (κ3) is 9.36. The van der Waals surface area contributed by atoms with Gasteiger partial charge in [0, 0.05) is 16.3 Å². The van der Waals surface area contributed by atoms with Crippen LogP contribution < -0.4 is 9.39 Å². The number of rotatable bonds is 4. The number of allylic oxidation sites excluding steroid dienone is 4. The molecule has 0 heterocycles. The van der Waals surface area contributed by atoms with Gasteiger partial charge in [0.05, 0.1) is 7.11 Å². The molecule has 0 saturated carbocycles. The lowest BCUT2D eigenvalue weighted by molar-refractivity contribution is 0.406. The Bertz CT molecular complexity index is 822. The average molecular weight is 484 g/mol. The highest BCUT2D eigenvalue weighted by Crippen LogP contribution is 2.33. The fourth-order valence-corrected chi connectivity index (χ4v) is 4.10. The minimum Gasteiger partial charge on any atom is -0.537 e. The van der Waals surface area contributed by atoms with Gasteiger partial charge in [-0.1, -0.05) is 76.6 Å². The van der Waals surface area contributed by atoms with Crippen LogP contribution in [-0.4, -0.2) is 24.6 Å². The average Bonchev–Trinajstić information content (AvgIpc) is 2.83. The highest BCUT2D eigenvalue weighted by molar-refractivity contribution is 9.09. The maximum Gasteiger partial charge on any atom is 0.569 e. The molecule has 0 aromatic heterocycles. The SMILES string of the molecule is BrC1C=CCCC1.COc1ccccc1[C@@H]1C=CCCC1.Cc1ccccc1O[B]O. The van der Waals surface area contributed by atoms with Gasteiger partial charge in [-0.3, -0.25) is 0 Å². The fourth-order valence-electron chi connectivity index (χ4n) is 3.56. The van der Waals surface area contributed by atoms with E-state index in [0.29, 0.717) is 24.2 Å². The summed E-state index contributed by atoms with van der Waals surface area (Å²) in [4.78, 5) is 0.668. The number of para-hydroxylation sites is 2. The summed E-state index contributed by atoms with van der Waals surface area (Å²) in [5.41, 5.74) is 2.33. The van der Waals surface area contributed by atoms with E-state index >= 15 is 0 Å². The van der Waals surface area contributed by atoms with E-state index in [-0.39, 0.29) is 0 Å². The van der Waals surface area contributed by atoms with Crippen LogP contribution in [0.3, 0.4) is 0 Å². The Morgan fingerprint density at radius 2 is 1.55 bits per heavy atom. The van der Waals surface area contributed by atoms with E-state index in [1.165, 1.54) is 44.1 Å². The van der Waals surface area contributed by atoms with Crippen molar-refractivity contribution in [3.8, 4) is 11.5 Å². The maximum atomic E-state index is 8.30. The van der Waals surface area contributed by atoms with Gasteiger partial charge in [-0.05, 0) is 63.1 Å². The van der Waals surface area contributed by atoms with E-state index in [4.69, 9.17) is 14.4 Å². The predicted octanol–water partition coefficient (Wildman–Crippen LogP) is 6.91. The molecule has 3 nitrogen and oxygen atoms in total. The Labute approximate surface area is 196 Å². The van der Waals surface area contributed by atoms with Crippen molar-refractivity contribution in [2.45, 2.75) is 56.2 Å². The Morgan fingerprint density at radius 1 is 0.903 bits per heavy atom. The molecule has 31 heavy (non-hydrogen) atoms. The van der Waals surface area contributed by atoms with Crippen molar-refractivity contribution in [3.05, 3.63) is 84.0 Å². The summed E-state index contributed by atoms with van der Waals surface area (Å²) >= 11 is 3.50. The number of hydrogen-bond donors (Lipinski definition) is 1. The smallest absolute Gasteiger partial charge is 0.537 e. The zero-order valence-electron chi connectivity index (χ0n) is 18.5. The van der Waals surface area contributed by atoms with Crippen LogP contribution in [0.5, 0.6) is 11.5 Å². The van der Waals surface area contributed by atoms with Crippen LogP contribution in [0.15, 0.2) is 72.8 Å². The number of aryl methyl sites for hydroxylation is 1. The van der Waals surface area contributed by atoms with Crippen LogP contribution in [0, 0.1) is 6.92 Å². The number of halogens is 1. The molecule has 1 unspecified atom stereocenters. The van der Waals surface area contributed by atoms with Crippen LogP contribution >= 0.6 is 15.9 Å². The summed E-state index contributed by atoms with van der Waals surface area (Å²) in [6, 6.07) is 15.8. The second-order valence-corrected chi connectivity index (χ2v) is 8.75. The van der Waals surface area contributed by atoms with Gasteiger partial charge in [0.2, 0.25) is 0 Å². The molecule has 1 radical (unpaired) electrons. The topological polar surface area (TPSA) is 38.7 Å². The number of benzene rings is 2. The standard InChI is InChI=1S/C13H16O.C7H8BO2.C6H9Br/c1-14-13-10-6-5-9-12(13)11-7-3-2-4-8-11;1-6-4-2-3-5-7(6)10-8-9;7-6-4-2-1-3-5-6/h3,5-7,9-11H,2,4,8H2,1H3;2-5,9H,1H3;2,4,6H,1,3,5H2/t11-;;/m1../s1. The summed E-state index contributed by atoms with van der Waals surface area (Å²) in [7, 11) is 2.42. The Morgan fingerprint density at radius 3 is 2.06 bits per heavy atom. The summed E-state index contributed by atoms with van der Waals surface area (Å²) in [5, 5.41) is 8.30. The lowest BCUT2D eigenvalue weighted by Gasteiger charge is -2.18. The molecule has 5 heteroatoms. The molecule has 0 saturated heterocycles. The molecule has 1 N–H and O–H groups in total. The molecule has 0 aliphatic heterocycles. The highest BCUT2D eigenvalue weighted by atomic mass is 79.9. The number of hydrogen-bond acceptors (Lipinski definition) is 3. The van der Waals surface area contributed by atoms with E-state index in [0.717, 1.165) is 11.3 Å². The molecule has 0 fully saturated rings. The van der Waals surface area contributed by atoms with Gasteiger partial charge in [0.15, 0.2) is 0 Å². The van der Waals surface area contributed by atoms with Crippen molar-refractivity contribution in [2.75, 3.05) is 7.11 Å². The zero-order chi connectivity index (χ0) is 22.3. The van der Waals surface area contributed by atoms with Gasteiger partial charge in [-0.25, -0.2) is 0 Å². The van der Waals surface area contributed by atoms with Crippen molar-refractivity contribution in [3.63, 3.8) is 0 Å². The first kappa shape index (κ1) is 25.3. The van der Waals surface area contributed by atoms with Gasteiger partial charge < -0.3 is 14.4 Å². The zero-order valence-corrected chi connectivity index (χ0v) is 20.1. The summed E-state index contributed by atoms with van der Waals surface area (Å²) in [6.07, 6.45) is 16.8. The molecule has 2 aromatic rings. The lowest BCUT2D eigenvalue weighted by atomic mass is 9.89. The second kappa shape index (κ2) is 14.9. The largest absolute Gasteiger partial charge is 0.569 e. The van der Waals surface area contributed by atoms with E-state index in [1.54, 1.807) is 13.2 Å². The Kier molecular flexibility index (Phi) is 12.2. The second-order valence-electron chi connectivity index (χ2n) is 7.57. The molecule has 2 aliphatic rings. The van der Waals surface area contributed by atoms with Crippen molar-refractivity contribution in [1.82, 2.24) is 0 Å². The van der Waals surface area contributed by atoms with Gasteiger partial charge in [-0.2, -0.15) is 0 Å². The van der Waals surface area contributed by atoms with E-state index in [2.05, 4.69) is 52.4 Å². The number of methoxy groups -OCH3 is 1. The molecular weight excluding hydrogens is 451 g/mol. The monoisotopic (exact) mass is 483 g/mol. The van der Waals surface area contributed by atoms with Gasteiger partial charge in [-0.15, -0.1) is 0 Å². The quantitative estimate of drug-likeness (QED) is 0.291. The van der Waals surface area contributed by atoms with Crippen LogP contribution in [0.2, 0.25) is 0 Å². The minimum absolute atomic E-state index is 0.555. The normalized spacial score (nSPS) is 19.2. The first-order valence-corrected chi connectivity index (χ1v) is 11.9. The lowest BCUT2D eigenvalue weighted by Crippen LogP contribution is -2.01. The number of alkyl halides is 1. The molecular formula is C26H33BBrO3. The molecule has 2 atom stereocenters. The molecule has 0 spiro atoms.